The number of rotatable bonds is 7. The molecule has 1 aromatic carbocycles. The number of hydrogen-bond acceptors (Lipinski definition) is 1. The summed E-state index contributed by atoms with van der Waals surface area (Å²) in [7, 11) is 0. The molecule has 0 spiro atoms. The molecule has 0 aliphatic heterocycles. The summed E-state index contributed by atoms with van der Waals surface area (Å²) in [6.07, 6.45) is 8.48. The van der Waals surface area contributed by atoms with Crippen molar-refractivity contribution in [2.24, 2.45) is 5.92 Å². The van der Waals surface area contributed by atoms with Crippen LogP contribution in [0.1, 0.15) is 88.2 Å². The molecule has 2 aliphatic carbocycles. The highest BCUT2D eigenvalue weighted by atomic mass is 19.2. The normalized spacial score (nSPS) is 27.2. The molecule has 170 valence electrons. The molecule has 0 heterocycles. The topological polar surface area (TPSA) is 9.23 Å². The summed E-state index contributed by atoms with van der Waals surface area (Å²) in [6.45, 7) is 11.5. The smallest absolute Gasteiger partial charge is 0.162 e. The SMILES string of the molecule is C=C(/C=C(/F)C(=C)C)COC1CCC(c2ccc(C3CCC(C)CC3)c(F)c2F)CC1. The van der Waals surface area contributed by atoms with Gasteiger partial charge in [0.05, 0.1) is 12.7 Å². The first kappa shape index (κ1) is 23.8. The first-order valence-corrected chi connectivity index (χ1v) is 11.6. The Bertz CT molecular complexity index is 825. The van der Waals surface area contributed by atoms with Crippen molar-refractivity contribution in [2.75, 3.05) is 6.61 Å². The van der Waals surface area contributed by atoms with E-state index in [-0.39, 0.29) is 30.4 Å². The van der Waals surface area contributed by atoms with Crippen LogP contribution in [-0.4, -0.2) is 12.7 Å². The Morgan fingerprint density at radius 3 is 1.90 bits per heavy atom. The highest BCUT2D eigenvalue weighted by Crippen LogP contribution is 2.40. The average molecular weight is 433 g/mol. The highest BCUT2D eigenvalue weighted by Gasteiger charge is 2.29. The maximum atomic E-state index is 14.9. The van der Waals surface area contributed by atoms with Gasteiger partial charge in [0.2, 0.25) is 0 Å². The lowest BCUT2D eigenvalue weighted by molar-refractivity contribution is 0.0393. The van der Waals surface area contributed by atoms with Crippen molar-refractivity contribution in [1.29, 1.82) is 0 Å². The molecule has 0 atom stereocenters. The van der Waals surface area contributed by atoms with Crippen LogP contribution in [-0.2, 0) is 4.74 Å². The third-order valence-electron chi connectivity index (χ3n) is 6.95. The minimum atomic E-state index is -0.658. The number of allylic oxidation sites excluding steroid dienone is 2. The summed E-state index contributed by atoms with van der Waals surface area (Å²) in [6, 6.07) is 3.63. The molecule has 4 heteroatoms. The molecule has 0 aromatic heterocycles. The zero-order valence-electron chi connectivity index (χ0n) is 18.9. The second kappa shape index (κ2) is 10.7. The molecule has 0 saturated heterocycles. The molecule has 2 aliphatic rings. The van der Waals surface area contributed by atoms with Crippen LogP contribution in [0.25, 0.3) is 0 Å². The maximum absolute atomic E-state index is 14.9. The summed E-state index contributed by atoms with van der Waals surface area (Å²) >= 11 is 0. The monoisotopic (exact) mass is 432 g/mol. The second-order valence-corrected chi connectivity index (χ2v) is 9.54. The van der Waals surface area contributed by atoms with E-state index in [2.05, 4.69) is 20.1 Å². The molecular formula is C27H35F3O. The van der Waals surface area contributed by atoms with E-state index in [0.717, 1.165) is 51.4 Å². The number of hydrogen-bond donors (Lipinski definition) is 0. The Kier molecular flexibility index (Phi) is 8.21. The van der Waals surface area contributed by atoms with Crippen LogP contribution in [0.5, 0.6) is 0 Å². The number of benzene rings is 1. The van der Waals surface area contributed by atoms with Crippen LogP contribution in [0.3, 0.4) is 0 Å². The quantitative estimate of drug-likeness (QED) is 0.394. The average Bonchev–Trinajstić information content (AvgIpc) is 2.75. The van der Waals surface area contributed by atoms with Crippen LogP contribution in [0.15, 0.2) is 48.3 Å². The molecule has 31 heavy (non-hydrogen) atoms. The van der Waals surface area contributed by atoms with Crippen LogP contribution in [0, 0.1) is 17.6 Å². The molecule has 1 aromatic rings. The van der Waals surface area contributed by atoms with Gasteiger partial charge < -0.3 is 4.74 Å². The van der Waals surface area contributed by atoms with Gasteiger partial charge in [0.15, 0.2) is 11.6 Å². The van der Waals surface area contributed by atoms with Crippen molar-refractivity contribution in [3.05, 3.63) is 71.1 Å². The van der Waals surface area contributed by atoms with Crippen LogP contribution < -0.4 is 0 Å². The lowest BCUT2D eigenvalue weighted by atomic mass is 9.77. The van der Waals surface area contributed by atoms with Gasteiger partial charge in [-0.15, -0.1) is 0 Å². The Balaban J connectivity index is 1.55. The van der Waals surface area contributed by atoms with E-state index in [4.69, 9.17) is 4.74 Å². The predicted molar refractivity (Wildman–Crippen MR) is 121 cm³/mol. The summed E-state index contributed by atoms with van der Waals surface area (Å²) in [5, 5.41) is 0. The van der Waals surface area contributed by atoms with Gasteiger partial charge in [-0.2, -0.15) is 0 Å². The van der Waals surface area contributed by atoms with Gasteiger partial charge in [-0.05, 0) is 91.6 Å². The van der Waals surface area contributed by atoms with E-state index in [0.29, 0.717) is 28.2 Å². The van der Waals surface area contributed by atoms with Crippen molar-refractivity contribution in [3.63, 3.8) is 0 Å². The van der Waals surface area contributed by atoms with Crippen LogP contribution in [0.2, 0.25) is 0 Å². The molecule has 0 bridgehead atoms. The van der Waals surface area contributed by atoms with Crippen LogP contribution >= 0.6 is 0 Å². The van der Waals surface area contributed by atoms with Gasteiger partial charge in [-0.25, -0.2) is 13.2 Å². The van der Waals surface area contributed by atoms with E-state index in [1.54, 1.807) is 6.92 Å². The van der Waals surface area contributed by atoms with Gasteiger partial charge in [-0.1, -0.05) is 45.1 Å². The number of ether oxygens (including phenoxy) is 1. The van der Waals surface area contributed by atoms with Gasteiger partial charge in [0.1, 0.15) is 5.83 Å². The van der Waals surface area contributed by atoms with E-state index >= 15 is 0 Å². The van der Waals surface area contributed by atoms with E-state index < -0.39 is 11.6 Å². The summed E-state index contributed by atoms with van der Waals surface area (Å²) in [5.41, 5.74) is 1.97. The van der Waals surface area contributed by atoms with Gasteiger partial charge >= 0.3 is 0 Å². The standard InChI is InChI=1S/C27H35F3O/c1-17(2)25(28)15-19(4)16-31-22-11-9-21(10-12-22)24-14-13-23(26(29)27(24)30)20-7-5-18(3)6-8-20/h13-15,18,20-22H,1,4-12,16H2,2-3H3/b25-15+. The molecule has 3 rings (SSSR count). The second-order valence-electron chi connectivity index (χ2n) is 9.54. The summed E-state index contributed by atoms with van der Waals surface area (Å²) in [4.78, 5) is 0. The minimum absolute atomic E-state index is 0.0127. The van der Waals surface area contributed by atoms with E-state index in [9.17, 15) is 13.2 Å². The Hall–Kier alpha value is -1.81. The molecule has 0 N–H and O–H groups in total. The van der Waals surface area contributed by atoms with Gasteiger partial charge in [0, 0.05) is 0 Å². The molecule has 1 nitrogen and oxygen atoms in total. The Morgan fingerprint density at radius 2 is 1.42 bits per heavy atom. The maximum Gasteiger partial charge on any atom is 0.162 e. The first-order valence-electron chi connectivity index (χ1n) is 11.6. The predicted octanol–water partition coefficient (Wildman–Crippen LogP) is 8.29. The summed E-state index contributed by atoms with van der Waals surface area (Å²) < 4.78 is 49.3. The van der Waals surface area contributed by atoms with E-state index in [1.165, 1.54) is 6.08 Å². The molecule has 0 amide bonds. The minimum Gasteiger partial charge on any atom is -0.374 e. The van der Waals surface area contributed by atoms with Crippen molar-refractivity contribution in [1.82, 2.24) is 0 Å². The van der Waals surface area contributed by atoms with Crippen LogP contribution in [0.4, 0.5) is 13.2 Å². The molecule has 2 saturated carbocycles. The molecule has 0 radical (unpaired) electrons. The first-order chi connectivity index (χ1) is 14.8. The van der Waals surface area contributed by atoms with Crippen molar-refractivity contribution in [2.45, 2.75) is 83.2 Å². The highest BCUT2D eigenvalue weighted by molar-refractivity contribution is 5.32. The molecule has 2 fully saturated rings. The van der Waals surface area contributed by atoms with E-state index in [1.807, 2.05) is 12.1 Å². The van der Waals surface area contributed by atoms with Crippen molar-refractivity contribution >= 4 is 0 Å². The molecular weight excluding hydrogens is 397 g/mol. The lowest BCUT2D eigenvalue weighted by Gasteiger charge is -2.30. The Labute approximate surface area is 185 Å². The fourth-order valence-corrected chi connectivity index (χ4v) is 4.89. The fraction of sp³-hybridized carbons (Fsp3) is 0.556. The van der Waals surface area contributed by atoms with Crippen molar-refractivity contribution in [3.8, 4) is 0 Å². The lowest BCUT2D eigenvalue weighted by Crippen LogP contribution is -2.22. The Morgan fingerprint density at radius 1 is 0.935 bits per heavy atom. The fourth-order valence-electron chi connectivity index (χ4n) is 4.89. The zero-order chi connectivity index (χ0) is 22.5. The zero-order valence-corrected chi connectivity index (χ0v) is 18.9. The third-order valence-corrected chi connectivity index (χ3v) is 6.95. The third kappa shape index (κ3) is 6.12. The van der Waals surface area contributed by atoms with Gasteiger partial charge in [-0.3, -0.25) is 0 Å². The number of halogens is 3. The van der Waals surface area contributed by atoms with Gasteiger partial charge in [0.25, 0.3) is 0 Å². The largest absolute Gasteiger partial charge is 0.374 e. The van der Waals surface area contributed by atoms with Crippen molar-refractivity contribution < 1.29 is 17.9 Å². The summed E-state index contributed by atoms with van der Waals surface area (Å²) in [5.74, 6) is -0.855. The molecule has 0 unspecified atom stereocenters.